The number of morpholine rings is 1. The molecule has 9 heteroatoms. The first-order valence-electron chi connectivity index (χ1n) is 7.35. The summed E-state index contributed by atoms with van der Waals surface area (Å²) in [7, 11) is 1.49. The lowest BCUT2D eigenvalue weighted by Gasteiger charge is -2.26. The number of amides is 3. The van der Waals surface area contributed by atoms with Crippen LogP contribution in [0.15, 0.2) is 23.3 Å². The van der Waals surface area contributed by atoms with Crippen LogP contribution in [0.5, 0.6) is 11.5 Å². The zero-order valence-electron chi connectivity index (χ0n) is 13.4. The quantitative estimate of drug-likeness (QED) is 0.557. The number of methoxy groups -OCH3 is 1. The van der Waals surface area contributed by atoms with Gasteiger partial charge in [-0.2, -0.15) is 5.10 Å². The van der Waals surface area contributed by atoms with Gasteiger partial charge in [-0.1, -0.05) is 0 Å². The third kappa shape index (κ3) is 5.13. The number of hydrazone groups is 1. The maximum absolute atomic E-state index is 12.1. The largest absolute Gasteiger partial charge is 0.493 e. The normalized spacial score (nSPS) is 14.5. The van der Waals surface area contributed by atoms with Gasteiger partial charge in [-0.25, -0.2) is 10.2 Å². The number of benzene rings is 1. The zero-order valence-corrected chi connectivity index (χ0v) is 13.4. The molecule has 1 saturated heterocycles. The number of nitrogens with two attached hydrogens (primary N) is 1. The molecule has 2 rings (SSSR count). The average Bonchev–Trinajstić information content (AvgIpc) is 2.60. The molecule has 0 unspecified atom stereocenters. The van der Waals surface area contributed by atoms with Gasteiger partial charge in [0, 0.05) is 13.1 Å². The van der Waals surface area contributed by atoms with Crippen molar-refractivity contribution in [3.05, 3.63) is 23.8 Å². The van der Waals surface area contributed by atoms with E-state index in [1.807, 2.05) is 0 Å². The minimum atomic E-state index is -0.750. The monoisotopic (exact) mass is 336 g/mol. The van der Waals surface area contributed by atoms with E-state index < -0.39 is 6.03 Å². The molecule has 130 valence electrons. The fourth-order valence-electron chi connectivity index (χ4n) is 2.10. The summed E-state index contributed by atoms with van der Waals surface area (Å²) >= 11 is 0. The van der Waals surface area contributed by atoms with Gasteiger partial charge in [0.15, 0.2) is 18.1 Å². The van der Waals surface area contributed by atoms with Crippen molar-refractivity contribution < 1.29 is 23.8 Å². The number of carbonyl (C=O) groups excluding carboxylic acids is 2. The molecule has 0 radical (unpaired) electrons. The molecule has 9 nitrogen and oxygen atoms in total. The van der Waals surface area contributed by atoms with Crippen LogP contribution in [0.1, 0.15) is 5.56 Å². The van der Waals surface area contributed by atoms with Crippen molar-refractivity contribution >= 4 is 18.2 Å². The lowest BCUT2D eigenvalue weighted by molar-refractivity contribution is -0.137. The first kappa shape index (κ1) is 17.5. The zero-order chi connectivity index (χ0) is 17.4. The van der Waals surface area contributed by atoms with E-state index in [1.54, 1.807) is 23.1 Å². The summed E-state index contributed by atoms with van der Waals surface area (Å²) in [5, 5.41) is 3.66. The van der Waals surface area contributed by atoms with Crippen molar-refractivity contribution in [3.63, 3.8) is 0 Å². The molecule has 24 heavy (non-hydrogen) atoms. The maximum atomic E-state index is 12.1. The first-order valence-corrected chi connectivity index (χ1v) is 7.35. The van der Waals surface area contributed by atoms with Crippen molar-refractivity contribution in [2.75, 3.05) is 40.0 Å². The number of urea groups is 1. The van der Waals surface area contributed by atoms with E-state index in [0.717, 1.165) is 0 Å². The van der Waals surface area contributed by atoms with E-state index in [-0.39, 0.29) is 12.5 Å². The molecule has 1 aliphatic rings. The first-order chi connectivity index (χ1) is 11.6. The molecular weight excluding hydrogens is 316 g/mol. The van der Waals surface area contributed by atoms with Crippen molar-refractivity contribution in [1.82, 2.24) is 10.3 Å². The van der Waals surface area contributed by atoms with Crippen LogP contribution in [-0.4, -0.2) is 63.1 Å². The highest BCUT2D eigenvalue weighted by atomic mass is 16.5. The number of carbonyl (C=O) groups is 2. The molecule has 0 aliphatic carbocycles. The second-order valence-electron chi connectivity index (χ2n) is 4.93. The molecule has 0 atom stereocenters. The summed E-state index contributed by atoms with van der Waals surface area (Å²) in [6.45, 7) is 2.15. The van der Waals surface area contributed by atoms with Crippen LogP contribution in [0.3, 0.4) is 0 Å². The molecule has 0 aromatic heterocycles. The third-order valence-corrected chi connectivity index (χ3v) is 3.29. The van der Waals surface area contributed by atoms with Gasteiger partial charge in [0.2, 0.25) is 0 Å². The summed E-state index contributed by atoms with van der Waals surface area (Å²) in [5.74, 6) is 0.795. The number of hydrogen-bond donors (Lipinski definition) is 2. The van der Waals surface area contributed by atoms with Crippen molar-refractivity contribution in [3.8, 4) is 11.5 Å². The Bertz CT molecular complexity index is 614. The van der Waals surface area contributed by atoms with Crippen LogP contribution < -0.4 is 20.6 Å². The lowest BCUT2D eigenvalue weighted by Crippen LogP contribution is -2.43. The predicted octanol–water partition coefficient (Wildman–Crippen LogP) is -0.0650. The Labute approximate surface area is 139 Å². The van der Waals surface area contributed by atoms with Gasteiger partial charge in [0.05, 0.1) is 26.5 Å². The van der Waals surface area contributed by atoms with Gasteiger partial charge in [0.25, 0.3) is 5.91 Å². The highest BCUT2D eigenvalue weighted by molar-refractivity contribution is 5.82. The van der Waals surface area contributed by atoms with Crippen LogP contribution in [-0.2, 0) is 9.53 Å². The highest BCUT2D eigenvalue weighted by Gasteiger charge is 2.17. The van der Waals surface area contributed by atoms with Crippen LogP contribution in [0, 0.1) is 0 Å². The van der Waals surface area contributed by atoms with Gasteiger partial charge >= 0.3 is 6.03 Å². The molecular formula is C15H20N4O5. The van der Waals surface area contributed by atoms with E-state index in [2.05, 4.69) is 10.5 Å². The smallest absolute Gasteiger partial charge is 0.332 e. The molecule has 0 saturated carbocycles. The number of hydrogen-bond acceptors (Lipinski definition) is 6. The summed E-state index contributed by atoms with van der Waals surface area (Å²) in [5.41, 5.74) is 7.69. The molecule has 1 aromatic carbocycles. The van der Waals surface area contributed by atoms with Crippen LogP contribution in [0.2, 0.25) is 0 Å². The molecule has 0 spiro atoms. The molecule has 0 bridgehead atoms. The van der Waals surface area contributed by atoms with E-state index in [9.17, 15) is 9.59 Å². The van der Waals surface area contributed by atoms with Gasteiger partial charge in [-0.05, 0) is 23.8 Å². The Morgan fingerprint density at radius 2 is 2.12 bits per heavy atom. The predicted molar refractivity (Wildman–Crippen MR) is 86.2 cm³/mol. The SMILES string of the molecule is COc1cc(C=NNC(N)=O)ccc1OCC(=O)N1CCOCC1. The van der Waals surface area contributed by atoms with E-state index in [1.165, 1.54) is 13.3 Å². The van der Waals surface area contributed by atoms with Crippen molar-refractivity contribution in [1.29, 1.82) is 0 Å². The Hall–Kier alpha value is -2.81. The fraction of sp³-hybridized carbons (Fsp3) is 0.400. The second kappa shape index (κ2) is 8.73. The Morgan fingerprint density at radius 1 is 1.38 bits per heavy atom. The number of rotatable bonds is 6. The minimum Gasteiger partial charge on any atom is -0.493 e. The van der Waals surface area contributed by atoms with Crippen LogP contribution in [0.4, 0.5) is 4.79 Å². The van der Waals surface area contributed by atoms with Gasteiger partial charge in [-0.3, -0.25) is 4.79 Å². The fourth-order valence-corrected chi connectivity index (χ4v) is 2.10. The summed E-state index contributed by atoms with van der Waals surface area (Å²) in [4.78, 5) is 24.3. The second-order valence-corrected chi connectivity index (χ2v) is 4.93. The molecule has 3 amide bonds. The topological polar surface area (TPSA) is 115 Å². The van der Waals surface area contributed by atoms with E-state index in [4.69, 9.17) is 19.9 Å². The average molecular weight is 336 g/mol. The Balaban J connectivity index is 1.95. The van der Waals surface area contributed by atoms with Crippen molar-refractivity contribution in [2.45, 2.75) is 0 Å². The number of ether oxygens (including phenoxy) is 3. The number of nitrogens with zero attached hydrogens (tertiary/aromatic N) is 2. The minimum absolute atomic E-state index is 0.0764. The molecule has 1 aliphatic heterocycles. The van der Waals surface area contributed by atoms with Crippen LogP contribution >= 0.6 is 0 Å². The lowest BCUT2D eigenvalue weighted by atomic mass is 10.2. The summed E-state index contributed by atoms with van der Waals surface area (Å²) < 4.78 is 16.0. The number of nitrogens with one attached hydrogen (secondary N) is 1. The molecule has 1 fully saturated rings. The Kier molecular flexibility index (Phi) is 6.38. The van der Waals surface area contributed by atoms with Crippen LogP contribution in [0.25, 0.3) is 0 Å². The molecule has 1 aromatic rings. The van der Waals surface area contributed by atoms with Gasteiger partial charge in [0.1, 0.15) is 0 Å². The van der Waals surface area contributed by atoms with Gasteiger partial charge < -0.3 is 24.8 Å². The van der Waals surface area contributed by atoms with E-state index >= 15 is 0 Å². The molecule has 1 heterocycles. The third-order valence-electron chi connectivity index (χ3n) is 3.29. The number of primary amides is 1. The maximum Gasteiger partial charge on any atom is 0.332 e. The highest BCUT2D eigenvalue weighted by Crippen LogP contribution is 2.27. The Morgan fingerprint density at radius 3 is 2.79 bits per heavy atom. The standard InChI is InChI=1S/C15H20N4O5/c1-22-13-8-11(9-17-18-15(16)21)2-3-12(13)24-10-14(20)19-4-6-23-7-5-19/h2-3,8-9H,4-7,10H2,1H3,(H3,16,18,21). The van der Waals surface area contributed by atoms with Crippen molar-refractivity contribution in [2.24, 2.45) is 10.8 Å². The van der Waals surface area contributed by atoms with Gasteiger partial charge in [-0.15, -0.1) is 0 Å². The summed E-state index contributed by atoms with van der Waals surface area (Å²) in [6.07, 6.45) is 1.41. The van der Waals surface area contributed by atoms with E-state index in [0.29, 0.717) is 43.4 Å². The summed E-state index contributed by atoms with van der Waals surface area (Å²) in [6, 6.07) is 4.29. The molecule has 3 N–H and O–H groups in total.